The third-order valence-electron chi connectivity index (χ3n) is 5.20. The van der Waals surface area contributed by atoms with Gasteiger partial charge in [0.25, 0.3) is 0 Å². The summed E-state index contributed by atoms with van der Waals surface area (Å²) in [4.78, 5) is 4.56. The van der Waals surface area contributed by atoms with Crippen molar-refractivity contribution >= 4 is 0 Å². The minimum absolute atomic E-state index is 0.823. The lowest BCUT2D eigenvalue weighted by molar-refractivity contribution is 0.456. The Hall–Kier alpha value is -0.890. The number of nitrogens with zero attached hydrogens (tertiary/aromatic N) is 1. The van der Waals surface area contributed by atoms with Gasteiger partial charge in [0.2, 0.25) is 0 Å². The van der Waals surface area contributed by atoms with Crippen LogP contribution >= 0.6 is 0 Å². The van der Waals surface area contributed by atoms with Gasteiger partial charge in [-0.3, -0.25) is 4.98 Å². The number of nitrogens with one attached hydrogen (secondary N) is 1. The predicted molar refractivity (Wildman–Crippen MR) is 67.4 cm³/mol. The molecule has 4 atom stereocenters. The Morgan fingerprint density at radius 2 is 2.00 bits per heavy atom. The Bertz CT molecular complexity index is 426. The lowest BCUT2D eigenvalue weighted by Crippen LogP contribution is -2.23. The van der Waals surface area contributed by atoms with E-state index in [9.17, 15) is 0 Å². The van der Waals surface area contributed by atoms with Gasteiger partial charge >= 0.3 is 0 Å². The molecule has 1 heterocycles. The molecular weight excluding hydrogens is 208 g/mol. The van der Waals surface area contributed by atoms with Crippen LogP contribution in [0.3, 0.4) is 0 Å². The summed E-state index contributed by atoms with van der Waals surface area (Å²) in [7, 11) is 0. The van der Waals surface area contributed by atoms with Gasteiger partial charge in [0, 0.05) is 18.3 Å². The van der Waals surface area contributed by atoms with E-state index in [1.165, 1.54) is 25.0 Å². The minimum atomic E-state index is 0.823. The summed E-state index contributed by atoms with van der Waals surface area (Å²) >= 11 is 0. The molecule has 0 spiro atoms. The summed E-state index contributed by atoms with van der Waals surface area (Å²) in [6.07, 6.45) is 4.55. The van der Waals surface area contributed by atoms with Crippen LogP contribution < -0.4 is 5.32 Å². The average Bonchev–Trinajstić information content (AvgIpc) is 2.72. The Kier molecular flexibility index (Phi) is 2.10. The highest BCUT2D eigenvalue weighted by Crippen LogP contribution is 2.65. The first-order chi connectivity index (χ1) is 8.33. The van der Waals surface area contributed by atoms with Gasteiger partial charge in [0.15, 0.2) is 0 Å². The molecule has 1 N–H and O–H groups in total. The maximum absolute atomic E-state index is 4.56. The van der Waals surface area contributed by atoms with Gasteiger partial charge in [-0.05, 0) is 62.0 Å². The summed E-state index contributed by atoms with van der Waals surface area (Å²) in [6.45, 7) is 3.02. The van der Waals surface area contributed by atoms with Crippen molar-refractivity contribution < 1.29 is 0 Å². The van der Waals surface area contributed by atoms with E-state index < -0.39 is 0 Å². The number of fused-ring (bicyclic) bond motifs is 5. The van der Waals surface area contributed by atoms with Gasteiger partial charge in [0.1, 0.15) is 0 Å². The van der Waals surface area contributed by atoms with Crippen LogP contribution in [0.2, 0.25) is 0 Å². The molecule has 3 aliphatic carbocycles. The Morgan fingerprint density at radius 1 is 1.24 bits per heavy atom. The first kappa shape index (κ1) is 10.1. The number of pyridine rings is 1. The Balaban J connectivity index is 1.38. The molecule has 1 aromatic rings. The van der Waals surface area contributed by atoms with Crippen molar-refractivity contribution in [3.63, 3.8) is 0 Å². The first-order valence-electron chi connectivity index (χ1n) is 6.99. The average molecular weight is 228 g/mol. The number of rotatable bonds is 3. The highest BCUT2D eigenvalue weighted by atomic mass is 15.0. The van der Waals surface area contributed by atoms with Crippen LogP contribution in [0, 0.1) is 30.6 Å². The van der Waals surface area contributed by atoms with Gasteiger partial charge < -0.3 is 5.32 Å². The molecule has 0 aromatic carbocycles. The molecule has 0 aliphatic heterocycles. The second-order valence-corrected chi connectivity index (χ2v) is 6.16. The minimum Gasteiger partial charge on any atom is -0.308 e. The van der Waals surface area contributed by atoms with Crippen molar-refractivity contribution in [3.8, 4) is 0 Å². The van der Waals surface area contributed by atoms with Crippen LogP contribution in [0.5, 0.6) is 0 Å². The molecular formula is C15H20N2. The third-order valence-corrected chi connectivity index (χ3v) is 5.20. The molecule has 4 rings (SSSR count). The molecule has 17 heavy (non-hydrogen) atoms. The highest BCUT2D eigenvalue weighted by molar-refractivity contribution is 5.18. The van der Waals surface area contributed by atoms with E-state index in [1.54, 1.807) is 0 Å². The van der Waals surface area contributed by atoms with Crippen LogP contribution in [0.4, 0.5) is 0 Å². The lowest BCUT2D eigenvalue weighted by Gasteiger charge is -2.10. The predicted octanol–water partition coefficient (Wildman–Crippen LogP) is 2.52. The number of hydrogen-bond acceptors (Lipinski definition) is 2. The number of aryl methyl sites for hydroxylation is 1. The second-order valence-electron chi connectivity index (χ2n) is 6.16. The van der Waals surface area contributed by atoms with E-state index in [0.29, 0.717) is 0 Å². The van der Waals surface area contributed by atoms with Crippen molar-refractivity contribution in [3.05, 3.63) is 29.6 Å². The normalized spacial score (nSPS) is 41.6. The maximum Gasteiger partial charge on any atom is 0.0544 e. The fourth-order valence-electron chi connectivity index (χ4n) is 4.52. The molecule has 2 heteroatoms. The molecule has 3 fully saturated rings. The molecule has 90 valence electrons. The van der Waals surface area contributed by atoms with E-state index in [0.717, 1.165) is 42.0 Å². The molecule has 4 unspecified atom stereocenters. The van der Waals surface area contributed by atoms with E-state index in [1.807, 2.05) is 0 Å². The summed E-state index contributed by atoms with van der Waals surface area (Å²) in [5, 5.41) is 3.74. The van der Waals surface area contributed by atoms with E-state index in [4.69, 9.17) is 0 Å². The van der Waals surface area contributed by atoms with Crippen molar-refractivity contribution in [2.24, 2.45) is 23.7 Å². The zero-order valence-electron chi connectivity index (χ0n) is 10.4. The van der Waals surface area contributed by atoms with Crippen LogP contribution in [0.1, 0.15) is 30.7 Å². The zero-order valence-corrected chi connectivity index (χ0v) is 10.4. The first-order valence-corrected chi connectivity index (χ1v) is 6.99. The Labute approximate surface area is 103 Å². The van der Waals surface area contributed by atoms with Gasteiger partial charge in [-0.1, -0.05) is 6.07 Å². The molecule has 2 nitrogen and oxygen atoms in total. The lowest BCUT2D eigenvalue weighted by atomic mass is 10.0. The summed E-state index contributed by atoms with van der Waals surface area (Å²) in [5.74, 6) is 4.18. The van der Waals surface area contributed by atoms with Gasteiger partial charge in [0.05, 0.1) is 5.69 Å². The van der Waals surface area contributed by atoms with Crippen molar-refractivity contribution in [1.82, 2.24) is 10.3 Å². The van der Waals surface area contributed by atoms with Crippen LogP contribution in [-0.2, 0) is 6.54 Å². The van der Waals surface area contributed by atoms with Crippen molar-refractivity contribution in [1.29, 1.82) is 0 Å². The molecule has 0 saturated heterocycles. The van der Waals surface area contributed by atoms with Crippen LogP contribution in [0.25, 0.3) is 0 Å². The second kappa shape index (κ2) is 3.55. The largest absolute Gasteiger partial charge is 0.308 e. The van der Waals surface area contributed by atoms with Gasteiger partial charge in [-0.25, -0.2) is 0 Å². The summed E-state index contributed by atoms with van der Waals surface area (Å²) < 4.78 is 0. The molecule has 3 aliphatic rings. The smallest absolute Gasteiger partial charge is 0.0544 e. The maximum atomic E-state index is 4.56. The standard InChI is InChI=1S/C15H20N2/c1-9-3-2-4-12(17-9)8-16-15-13-10-5-6-11(7-10)14(13)15/h2-4,10-11,13-16H,5-8H2,1H3. The molecule has 1 aromatic heterocycles. The summed E-state index contributed by atoms with van der Waals surface area (Å²) in [5.41, 5.74) is 2.32. The van der Waals surface area contributed by atoms with Gasteiger partial charge in [-0.15, -0.1) is 0 Å². The highest BCUT2D eigenvalue weighted by Gasteiger charge is 2.64. The number of aromatic nitrogens is 1. The monoisotopic (exact) mass is 228 g/mol. The van der Waals surface area contributed by atoms with E-state index in [-0.39, 0.29) is 0 Å². The van der Waals surface area contributed by atoms with Crippen LogP contribution in [-0.4, -0.2) is 11.0 Å². The topological polar surface area (TPSA) is 24.9 Å². The van der Waals surface area contributed by atoms with Crippen LogP contribution in [0.15, 0.2) is 18.2 Å². The summed E-state index contributed by atoms with van der Waals surface area (Å²) in [6, 6.07) is 7.13. The molecule has 3 saturated carbocycles. The van der Waals surface area contributed by atoms with Crippen molar-refractivity contribution in [2.75, 3.05) is 0 Å². The molecule has 0 amide bonds. The fourth-order valence-corrected chi connectivity index (χ4v) is 4.52. The SMILES string of the molecule is Cc1cccc(CNC2C3C4CCC(C4)C23)n1. The van der Waals surface area contributed by atoms with Gasteiger partial charge in [-0.2, -0.15) is 0 Å². The molecule has 0 radical (unpaired) electrons. The zero-order chi connectivity index (χ0) is 11.4. The third kappa shape index (κ3) is 1.54. The van der Waals surface area contributed by atoms with E-state index >= 15 is 0 Å². The Morgan fingerprint density at radius 3 is 2.71 bits per heavy atom. The van der Waals surface area contributed by atoms with Crippen molar-refractivity contribution in [2.45, 2.75) is 38.8 Å². The molecule has 2 bridgehead atoms. The van der Waals surface area contributed by atoms with E-state index in [2.05, 4.69) is 35.4 Å². The number of hydrogen-bond donors (Lipinski definition) is 1. The fraction of sp³-hybridized carbons (Fsp3) is 0.667. The quantitative estimate of drug-likeness (QED) is 0.860.